The molecule has 1 aliphatic rings. The van der Waals surface area contributed by atoms with Gasteiger partial charge in [0.25, 0.3) is 0 Å². The number of nitrogens with zero attached hydrogens (tertiary/aromatic N) is 2. The maximum absolute atomic E-state index is 12.7. The molecule has 0 fully saturated rings. The van der Waals surface area contributed by atoms with Crippen LogP contribution in [0.4, 0.5) is 5.69 Å². The number of hydrogen-bond acceptors (Lipinski definition) is 5. The van der Waals surface area contributed by atoms with Gasteiger partial charge >= 0.3 is 0 Å². The molecule has 1 aromatic heterocycles. The SMILES string of the molecule is CCCCCC1CNc2ccc(OCc3ncccn3)cc2C1=O. The van der Waals surface area contributed by atoms with Crippen molar-refractivity contribution in [2.75, 3.05) is 11.9 Å². The quantitative estimate of drug-likeness (QED) is 0.783. The van der Waals surface area contributed by atoms with E-state index in [0.29, 0.717) is 18.2 Å². The molecule has 2 heterocycles. The predicted octanol–water partition coefficient (Wildman–Crippen LogP) is 3.86. The van der Waals surface area contributed by atoms with E-state index in [4.69, 9.17) is 4.74 Å². The Morgan fingerprint density at radius 1 is 1.25 bits per heavy atom. The van der Waals surface area contributed by atoms with Crippen LogP contribution in [0.5, 0.6) is 5.75 Å². The van der Waals surface area contributed by atoms with Crippen LogP contribution in [0.2, 0.25) is 0 Å². The van der Waals surface area contributed by atoms with Gasteiger partial charge in [-0.05, 0) is 30.7 Å². The van der Waals surface area contributed by atoms with Crippen LogP contribution in [-0.2, 0) is 6.61 Å². The van der Waals surface area contributed by atoms with Crippen molar-refractivity contribution in [1.82, 2.24) is 9.97 Å². The third kappa shape index (κ3) is 3.91. The Morgan fingerprint density at radius 3 is 2.88 bits per heavy atom. The summed E-state index contributed by atoms with van der Waals surface area (Å²) >= 11 is 0. The minimum absolute atomic E-state index is 0.0664. The van der Waals surface area contributed by atoms with Crippen LogP contribution in [0, 0.1) is 5.92 Å². The number of rotatable bonds is 7. The summed E-state index contributed by atoms with van der Waals surface area (Å²) in [6.07, 6.45) is 7.77. The highest BCUT2D eigenvalue weighted by atomic mass is 16.5. The van der Waals surface area contributed by atoms with Crippen LogP contribution in [0.15, 0.2) is 36.7 Å². The van der Waals surface area contributed by atoms with Crippen LogP contribution >= 0.6 is 0 Å². The third-order valence-electron chi connectivity index (χ3n) is 4.31. The molecular formula is C19H23N3O2. The van der Waals surface area contributed by atoms with Crippen molar-refractivity contribution < 1.29 is 9.53 Å². The fraction of sp³-hybridized carbons (Fsp3) is 0.421. The molecule has 0 amide bonds. The van der Waals surface area contributed by atoms with Gasteiger partial charge in [-0.15, -0.1) is 0 Å². The van der Waals surface area contributed by atoms with E-state index in [9.17, 15) is 4.79 Å². The maximum Gasteiger partial charge on any atom is 0.169 e. The average Bonchev–Trinajstić information content (AvgIpc) is 2.63. The number of ether oxygens (including phenoxy) is 1. The van der Waals surface area contributed by atoms with Gasteiger partial charge in [-0.1, -0.05) is 26.2 Å². The Bertz CT molecular complexity index is 688. The molecule has 0 spiro atoms. The van der Waals surface area contributed by atoms with Gasteiger partial charge in [-0.2, -0.15) is 0 Å². The molecule has 5 heteroatoms. The summed E-state index contributed by atoms with van der Waals surface area (Å²) in [5.74, 6) is 1.58. The first kappa shape index (κ1) is 16.4. The van der Waals surface area contributed by atoms with E-state index in [-0.39, 0.29) is 11.7 Å². The molecule has 3 rings (SSSR count). The number of unbranched alkanes of at least 4 members (excludes halogenated alkanes) is 2. The van der Waals surface area contributed by atoms with E-state index in [1.165, 1.54) is 12.8 Å². The van der Waals surface area contributed by atoms with Crippen LogP contribution in [-0.4, -0.2) is 22.3 Å². The van der Waals surface area contributed by atoms with Gasteiger partial charge in [0.1, 0.15) is 12.4 Å². The topological polar surface area (TPSA) is 64.1 Å². The van der Waals surface area contributed by atoms with E-state index < -0.39 is 0 Å². The van der Waals surface area contributed by atoms with Gasteiger partial charge in [0.05, 0.1) is 0 Å². The molecule has 1 aliphatic heterocycles. The lowest BCUT2D eigenvalue weighted by Gasteiger charge is -2.25. The lowest BCUT2D eigenvalue weighted by molar-refractivity contribution is 0.0913. The normalized spacial score (nSPS) is 16.4. The summed E-state index contributed by atoms with van der Waals surface area (Å²) in [5, 5.41) is 3.37. The van der Waals surface area contributed by atoms with Gasteiger partial charge in [-0.25, -0.2) is 9.97 Å². The number of fused-ring (bicyclic) bond motifs is 1. The number of anilines is 1. The third-order valence-corrected chi connectivity index (χ3v) is 4.31. The van der Waals surface area contributed by atoms with E-state index >= 15 is 0 Å². The Labute approximate surface area is 142 Å². The van der Waals surface area contributed by atoms with Gasteiger partial charge in [0, 0.05) is 36.1 Å². The second kappa shape index (κ2) is 7.90. The Hall–Kier alpha value is -2.43. The molecule has 1 N–H and O–H groups in total. The molecule has 0 aliphatic carbocycles. The van der Waals surface area contributed by atoms with E-state index in [1.807, 2.05) is 18.2 Å². The Morgan fingerprint density at radius 2 is 2.08 bits per heavy atom. The molecule has 1 unspecified atom stereocenters. The summed E-state index contributed by atoms with van der Waals surface area (Å²) in [4.78, 5) is 21.0. The molecule has 2 aromatic rings. The molecule has 24 heavy (non-hydrogen) atoms. The van der Waals surface area contributed by atoms with E-state index in [1.54, 1.807) is 18.5 Å². The van der Waals surface area contributed by atoms with Crippen molar-refractivity contribution in [1.29, 1.82) is 0 Å². The molecule has 0 saturated carbocycles. The fourth-order valence-corrected chi connectivity index (χ4v) is 2.94. The van der Waals surface area contributed by atoms with Crippen molar-refractivity contribution in [2.24, 2.45) is 5.92 Å². The maximum atomic E-state index is 12.7. The van der Waals surface area contributed by atoms with Crippen LogP contribution < -0.4 is 10.1 Å². The molecule has 0 saturated heterocycles. The zero-order chi connectivity index (χ0) is 16.8. The predicted molar refractivity (Wildman–Crippen MR) is 93.3 cm³/mol. The monoisotopic (exact) mass is 325 g/mol. The lowest BCUT2D eigenvalue weighted by Crippen LogP contribution is -2.29. The number of carbonyl (C=O) groups excluding carboxylic acids is 1. The minimum atomic E-state index is 0.0664. The van der Waals surface area contributed by atoms with Crippen LogP contribution in [0.25, 0.3) is 0 Å². The lowest BCUT2D eigenvalue weighted by atomic mass is 9.88. The summed E-state index contributed by atoms with van der Waals surface area (Å²) in [5.41, 5.74) is 1.63. The molecule has 5 nitrogen and oxygen atoms in total. The minimum Gasteiger partial charge on any atom is -0.486 e. The first-order valence-corrected chi connectivity index (χ1v) is 8.58. The number of ketones is 1. The van der Waals surface area contributed by atoms with Gasteiger partial charge in [0.15, 0.2) is 11.6 Å². The van der Waals surface area contributed by atoms with Gasteiger partial charge < -0.3 is 10.1 Å². The van der Waals surface area contributed by atoms with Crippen molar-refractivity contribution in [3.05, 3.63) is 48.0 Å². The second-order valence-corrected chi connectivity index (χ2v) is 6.10. The number of hydrogen-bond donors (Lipinski definition) is 1. The number of aromatic nitrogens is 2. The summed E-state index contributed by atoms with van der Waals surface area (Å²) in [6, 6.07) is 7.39. The van der Waals surface area contributed by atoms with Crippen molar-refractivity contribution in [3.8, 4) is 5.75 Å². The average molecular weight is 325 g/mol. The van der Waals surface area contributed by atoms with Gasteiger partial charge in [-0.3, -0.25) is 4.79 Å². The Balaban J connectivity index is 1.67. The highest BCUT2D eigenvalue weighted by molar-refractivity contribution is 6.04. The van der Waals surface area contributed by atoms with Crippen LogP contribution in [0.3, 0.4) is 0 Å². The summed E-state index contributed by atoms with van der Waals surface area (Å²) in [6.45, 7) is 3.20. The first-order valence-electron chi connectivity index (χ1n) is 8.58. The number of benzene rings is 1. The molecule has 1 atom stereocenters. The second-order valence-electron chi connectivity index (χ2n) is 6.10. The molecule has 1 aromatic carbocycles. The highest BCUT2D eigenvalue weighted by Crippen LogP contribution is 2.30. The van der Waals surface area contributed by atoms with E-state index in [2.05, 4.69) is 22.2 Å². The smallest absolute Gasteiger partial charge is 0.169 e. The molecule has 0 radical (unpaired) electrons. The fourth-order valence-electron chi connectivity index (χ4n) is 2.94. The van der Waals surface area contributed by atoms with Gasteiger partial charge in [0.2, 0.25) is 0 Å². The number of carbonyl (C=O) groups is 1. The molecular weight excluding hydrogens is 302 g/mol. The largest absolute Gasteiger partial charge is 0.486 e. The molecule has 0 bridgehead atoms. The highest BCUT2D eigenvalue weighted by Gasteiger charge is 2.27. The van der Waals surface area contributed by atoms with Crippen LogP contribution in [0.1, 0.15) is 48.8 Å². The first-order chi connectivity index (χ1) is 11.8. The van der Waals surface area contributed by atoms with Crippen molar-refractivity contribution in [2.45, 2.75) is 39.2 Å². The summed E-state index contributed by atoms with van der Waals surface area (Å²) < 4.78 is 5.74. The number of Topliss-reactive ketones (excluding diaryl/α,β-unsaturated/α-hetero) is 1. The Kier molecular flexibility index (Phi) is 5.41. The van der Waals surface area contributed by atoms with Crippen molar-refractivity contribution in [3.63, 3.8) is 0 Å². The zero-order valence-corrected chi connectivity index (χ0v) is 14.0. The van der Waals surface area contributed by atoms with E-state index in [0.717, 1.165) is 30.6 Å². The molecule has 126 valence electrons. The van der Waals surface area contributed by atoms with Crippen molar-refractivity contribution >= 4 is 11.5 Å². The zero-order valence-electron chi connectivity index (χ0n) is 14.0. The number of nitrogens with one attached hydrogen (secondary N) is 1. The standard InChI is InChI=1S/C19H23N3O2/c1-2-3-4-6-14-12-22-17-8-7-15(11-16(17)19(14)23)24-13-18-20-9-5-10-21-18/h5,7-11,14,22H,2-4,6,12-13H2,1H3. The summed E-state index contributed by atoms with van der Waals surface area (Å²) in [7, 11) is 0.